The number of fused-ring (bicyclic) bond motifs is 1. The summed E-state index contributed by atoms with van der Waals surface area (Å²) in [5.74, 6) is 0.961. The molecule has 0 aliphatic heterocycles. The van der Waals surface area contributed by atoms with Crippen molar-refractivity contribution in [3.8, 4) is 5.75 Å². The number of ether oxygens (including phenoxy) is 1. The Labute approximate surface area is 128 Å². The number of hydrogen-bond donors (Lipinski definition) is 1. The molecule has 0 radical (unpaired) electrons. The van der Waals surface area contributed by atoms with Crippen molar-refractivity contribution in [3.05, 3.63) is 42.5 Å². The Kier molecular flexibility index (Phi) is 5.24. The van der Waals surface area contributed by atoms with E-state index < -0.39 is 0 Å². The number of hydrogen-bond acceptors (Lipinski definition) is 2. The third kappa shape index (κ3) is 5.05. The molecule has 0 heterocycles. The van der Waals surface area contributed by atoms with E-state index in [0.29, 0.717) is 0 Å². The minimum atomic E-state index is 0.124. The van der Waals surface area contributed by atoms with Gasteiger partial charge in [-0.1, -0.05) is 43.7 Å². The summed E-state index contributed by atoms with van der Waals surface area (Å²) >= 11 is 0. The van der Waals surface area contributed by atoms with Crippen LogP contribution < -0.4 is 10.1 Å². The lowest BCUT2D eigenvalue weighted by atomic mass is 10.1. The Morgan fingerprint density at radius 3 is 2.43 bits per heavy atom. The summed E-state index contributed by atoms with van der Waals surface area (Å²) in [7, 11) is 0. The van der Waals surface area contributed by atoms with E-state index in [9.17, 15) is 0 Å². The smallest absolute Gasteiger partial charge is 0.120 e. The van der Waals surface area contributed by atoms with Crippen LogP contribution in [0.4, 0.5) is 0 Å². The average Bonchev–Trinajstić information content (AvgIpc) is 2.44. The highest BCUT2D eigenvalue weighted by Gasteiger charge is 2.15. The summed E-state index contributed by atoms with van der Waals surface area (Å²) in [4.78, 5) is 0. The van der Waals surface area contributed by atoms with Crippen molar-refractivity contribution < 1.29 is 4.74 Å². The van der Waals surface area contributed by atoms with E-state index in [1.54, 1.807) is 0 Å². The highest BCUT2D eigenvalue weighted by molar-refractivity contribution is 5.83. The molecule has 114 valence electrons. The monoisotopic (exact) mass is 285 g/mol. The lowest BCUT2D eigenvalue weighted by molar-refractivity contribution is 0.175. The zero-order valence-electron chi connectivity index (χ0n) is 13.6. The number of benzene rings is 2. The van der Waals surface area contributed by atoms with Gasteiger partial charge in [0.2, 0.25) is 0 Å². The molecule has 2 aromatic rings. The first-order valence-corrected chi connectivity index (χ1v) is 7.88. The van der Waals surface area contributed by atoms with Crippen LogP contribution in [0.2, 0.25) is 0 Å². The van der Waals surface area contributed by atoms with Gasteiger partial charge in [0.25, 0.3) is 0 Å². The summed E-state index contributed by atoms with van der Waals surface area (Å²) in [5.41, 5.74) is 0.124. The SMILES string of the molecule is CCCC(CNC(C)(C)C)Oc1ccc2ccccc2c1. The average molecular weight is 285 g/mol. The summed E-state index contributed by atoms with van der Waals surface area (Å²) in [6, 6.07) is 14.7. The highest BCUT2D eigenvalue weighted by Crippen LogP contribution is 2.22. The topological polar surface area (TPSA) is 21.3 Å². The van der Waals surface area contributed by atoms with Crippen molar-refractivity contribution in [1.82, 2.24) is 5.32 Å². The molecule has 0 amide bonds. The van der Waals surface area contributed by atoms with E-state index in [1.165, 1.54) is 10.8 Å². The molecule has 1 atom stereocenters. The van der Waals surface area contributed by atoms with E-state index in [4.69, 9.17) is 4.74 Å². The molecular formula is C19H27NO. The van der Waals surface area contributed by atoms with Crippen LogP contribution in [0.25, 0.3) is 10.8 Å². The number of nitrogens with one attached hydrogen (secondary N) is 1. The minimum absolute atomic E-state index is 0.124. The third-order valence-corrected chi connectivity index (χ3v) is 3.49. The lowest BCUT2D eigenvalue weighted by Crippen LogP contribution is -2.42. The minimum Gasteiger partial charge on any atom is -0.489 e. The van der Waals surface area contributed by atoms with Crippen LogP contribution in [0.15, 0.2) is 42.5 Å². The van der Waals surface area contributed by atoms with E-state index in [1.807, 2.05) is 0 Å². The second-order valence-electron chi connectivity index (χ2n) is 6.67. The molecule has 0 spiro atoms. The van der Waals surface area contributed by atoms with E-state index in [0.717, 1.165) is 25.1 Å². The highest BCUT2D eigenvalue weighted by atomic mass is 16.5. The Bertz CT molecular complexity index is 571. The second-order valence-corrected chi connectivity index (χ2v) is 6.67. The van der Waals surface area contributed by atoms with Crippen molar-refractivity contribution in [2.24, 2.45) is 0 Å². The zero-order chi connectivity index (χ0) is 15.3. The Morgan fingerprint density at radius 1 is 1.05 bits per heavy atom. The first-order chi connectivity index (χ1) is 9.98. The van der Waals surface area contributed by atoms with Gasteiger partial charge in [-0.2, -0.15) is 0 Å². The first kappa shape index (κ1) is 15.8. The van der Waals surface area contributed by atoms with Gasteiger partial charge < -0.3 is 10.1 Å². The molecule has 0 fully saturated rings. The van der Waals surface area contributed by atoms with Gasteiger partial charge in [-0.25, -0.2) is 0 Å². The van der Waals surface area contributed by atoms with Crippen LogP contribution in [-0.4, -0.2) is 18.2 Å². The van der Waals surface area contributed by atoms with E-state index in [-0.39, 0.29) is 11.6 Å². The van der Waals surface area contributed by atoms with Gasteiger partial charge in [-0.15, -0.1) is 0 Å². The Balaban J connectivity index is 2.07. The van der Waals surface area contributed by atoms with Gasteiger partial charge in [-0.05, 0) is 50.1 Å². The van der Waals surface area contributed by atoms with Gasteiger partial charge in [-0.3, -0.25) is 0 Å². The van der Waals surface area contributed by atoms with Gasteiger partial charge in [0.1, 0.15) is 11.9 Å². The lowest BCUT2D eigenvalue weighted by Gasteiger charge is -2.26. The van der Waals surface area contributed by atoms with Crippen LogP contribution in [0.3, 0.4) is 0 Å². The number of rotatable bonds is 6. The zero-order valence-corrected chi connectivity index (χ0v) is 13.6. The van der Waals surface area contributed by atoms with Crippen LogP contribution in [-0.2, 0) is 0 Å². The predicted octanol–water partition coefficient (Wildman–Crippen LogP) is 4.78. The first-order valence-electron chi connectivity index (χ1n) is 7.88. The van der Waals surface area contributed by atoms with E-state index in [2.05, 4.69) is 75.5 Å². The fraction of sp³-hybridized carbons (Fsp3) is 0.474. The van der Waals surface area contributed by atoms with Crippen LogP contribution in [0, 0.1) is 0 Å². The fourth-order valence-corrected chi connectivity index (χ4v) is 2.38. The van der Waals surface area contributed by atoms with Crippen LogP contribution >= 0.6 is 0 Å². The molecule has 0 aromatic heterocycles. The molecule has 1 unspecified atom stereocenters. The normalized spacial score (nSPS) is 13.3. The third-order valence-electron chi connectivity index (χ3n) is 3.49. The fourth-order valence-electron chi connectivity index (χ4n) is 2.38. The standard InChI is InChI=1S/C19H27NO/c1-5-8-18(14-20-19(2,3)4)21-17-12-11-15-9-6-7-10-16(15)13-17/h6-7,9-13,18,20H,5,8,14H2,1-4H3. The summed E-state index contributed by atoms with van der Waals surface area (Å²) in [6.07, 6.45) is 2.41. The summed E-state index contributed by atoms with van der Waals surface area (Å²) in [5, 5.41) is 6.02. The summed E-state index contributed by atoms with van der Waals surface area (Å²) in [6.45, 7) is 9.64. The largest absolute Gasteiger partial charge is 0.489 e. The molecule has 2 heteroatoms. The maximum absolute atomic E-state index is 6.20. The van der Waals surface area contributed by atoms with Gasteiger partial charge >= 0.3 is 0 Å². The molecule has 0 aliphatic carbocycles. The molecule has 2 aromatic carbocycles. The maximum atomic E-state index is 6.20. The molecule has 0 bridgehead atoms. The van der Waals surface area contributed by atoms with Crippen molar-refractivity contribution in [1.29, 1.82) is 0 Å². The molecule has 0 saturated heterocycles. The maximum Gasteiger partial charge on any atom is 0.120 e. The molecule has 1 N–H and O–H groups in total. The molecule has 2 rings (SSSR count). The quantitative estimate of drug-likeness (QED) is 0.825. The predicted molar refractivity (Wildman–Crippen MR) is 91.0 cm³/mol. The molecular weight excluding hydrogens is 258 g/mol. The van der Waals surface area contributed by atoms with Gasteiger partial charge in [0.05, 0.1) is 0 Å². The second kappa shape index (κ2) is 6.95. The van der Waals surface area contributed by atoms with Crippen LogP contribution in [0.5, 0.6) is 5.75 Å². The van der Waals surface area contributed by atoms with Crippen molar-refractivity contribution in [2.45, 2.75) is 52.2 Å². The van der Waals surface area contributed by atoms with Crippen molar-refractivity contribution in [2.75, 3.05) is 6.54 Å². The molecule has 0 saturated carbocycles. The molecule has 21 heavy (non-hydrogen) atoms. The van der Waals surface area contributed by atoms with E-state index >= 15 is 0 Å². The van der Waals surface area contributed by atoms with Crippen molar-refractivity contribution in [3.63, 3.8) is 0 Å². The van der Waals surface area contributed by atoms with Gasteiger partial charge in [0.15, 0.2) is 0 Å². The Morgan fingerprint density at radius 2 is 1.76 bits per heavy atom. The molecule has 0 aliphatic rings. The summed E-state index contributed by atoms with van der Waals surface area (Å²) < 4.78 is 6.20. The van der Waals surface area contributed by atoms with Crippen LogP contribution in [0.1, 0.15) is 40.5 Å². The Hall–Kier alpha value is -1.54. The van der Waals surface area contributed by atoms with Crippen molar-refractivity contribution >= 4 is 10.8 Å². The molecule has 2 nitrogen and oxygen atoms in total. The van der Waals surface area contributed by atoms with Gasteiger partial charge in [0, 0.05) is 12.1 Å².